The van der Waals surface area contributed by atoms with Crippen molar-refractivity contribution in [2.45, 2.75) is 56.8 Å². The average Bonchev–Trinajstić information content (AvgIpc) is 2.96. The molecule has 1 aliphatic carbocycles. The van der Waals surface area contributed by atoms with E-state index in [4.69, 9.17) is 125 Å². The molecule has 0 unspecified atom stereocenters. The summed E-state index contributed by atoms with van der Waals surface area (Å²) < 4.78 is 10.9. The largest absolute Gasteiger partial charge is 0.504 e. The molecule has 0 bridgehead atoms. The maximum Gasteiger partial charge on any atom is 0.283 e. The van der Waals surface area contributed by atoms with Crippen molar-refractivity contribution in [3.05, 3.63) is 293 Å². The fourth-order valence-corrected chi connectivity index (χ4v) is 13.7. The first-order chi connectivity index (χ1) is 42.0. The normalized spacial score (nSPS) is 12.0. The van der Waals surface area contributed by atoms with Crippen LogP contribution in [0.2, 0.25) is 50.2 Å². The SMILES string of the molecule is COc1c(O)cc(Cl)c(Cc2c(Cl)cc(O)c(OC)c2Cl)c1Cl.Clc1cc(Cl)cc(C(c2cc(Cl)cc(Cl)c2)C2CCCCC2)c1.Clc1ccc(C(c2ccccc2)c2ccc(Cl)cc2)cc1.O=[N+]([O-])c1cc(Cc2ccc(Br)c([N+](=O)[O-])c2)ccc1Br. The van der Waals surface area contributed by atoms with Crippen LogP contribution in [0.5, 0.6) is 23.0 Å². The maximum absolute atomic E-state index is 10.9. The molecule has 9 aromatic rings. The topological polar surface area (TPSA) is 145 Å². The Kier molecular flexibility index (Phi) is 26.6. The zero-order chi connectivity index (χ0) is 63.9. The third kappa shape index (κ3) is 19.0. The highest BCUT2D eigenvalue weighted by Gasteiger charge is 2.28. The molecular weight excluding hydrogens is 1460 g/mol. The molecule has 1 fully saturated rings. The Morgan fingerprint density at radius 1 is 0.466 bits per heavy atom. The Morgan fingerprint density at radius 3 is 1.20 bits per heavy atom. The van der Waals surface area contributed by atoms with Gasteiger partial charge in [-0.1, -0.05) is 202 Å². The second-order valence-corrected chi connectivity index (χ2v) is 26.0. The highest BCUT2D eigenvalue weighted by molar-refractivity contribution is 9.11. The van der Waals surface area contributed by atoms with Crippen molar-refractivity contribution in [3.8, 4) is 23.0 Å². The molecule has 458 valence electrons. The Bertz CT molecular complexity index is 3660. The molecule has 1 aliphatic rings. The van der Waals surface area contributed by atoms with Crippen molar-refractivity contribution in [2.24, 2.45) is 5.92 Å². The highest BCUT2D eigenvalue weighted by atomic mass is 79.9. The van der Waals surface area contributed by atoms with Crippen LogP contribution < -0.4 is 9.47 Å². The molecule has 0 saturated heterocycles. The Balaban J connectivity index is 0.000000167. The third-order valence-corrected chi connectivity index (χ3v) is 18.4. The molecule has 0 aromatic heterocycles. The Hall–Kier alpha value is -5.16. The van der Waals surface area contributed by atoms with E-state index in [1.54, 1.807) is 36.4 Å². The van der Waals surface area contributed by atoms with Crippen molar-refractivity contribution >= 4 is 159 Å². The molecule has 0 amide bonds. The second kappa shape index (κ2) is 33.2. The van der Waals surface area contributed by atoms with E-state index in [0.717, 1.165) is 21.2 Å². The van der Waals surface area contributed by atoms with E-state index < -0.39 is 9.85 Å². The van der Waals surface area contributed by atoms with Crippen molar-refractivity contribution < 1.29 is 29.5 Å². The van der Waals surface area contributed by atoms with Gasteiger partial charge in [0.1, 0.15) is 0 Å². The molecule has 9 aromatic carbocycles. The quantitative estimate of drug-likeness (QED) is 0.0622. The number of hydrogen-bond donors (Lipinski definition) is 2. The summed E-state index contributed by atoms with van der Waals surface area (Å²) in [6, 6.07) is 50.3. The van der Waals surface area contributed by atoms with Crippen LogP contribution in [0.1, 0.15) is 94.0 Å². The van der Waals surface area contributed by atoms with Gasteiger partial charge in [-0.2, -0.15) is 0 Å². The molecule has 0 spiro atoms. The molecule has 10 nitrogen and oxygen atoms in total. The van der Waals surface area contributed by atoms with Crippen LogP contribution >= 0.6 is 148 Å². The molecular formula is C66H52Br2Cl10N2O8. The lowest BCUT2D eigenvalue weighted by Gasteiger charge is -2.31. The lowest BCUT2D eigenvalue weighted by atomic mass is 9.73. The lowest BCUT2D eigenvalue weighted by molar-refractivity contribution is -0.385. The van der Waals surface area contributed by atoms with Crippen LogP contribution in [-0.4, -0.2) is 34.3 Å². The number of halogens is 12. The summed E-state index contributed by atoms with van der Waals surface area (Å²) in [7, 11) is 2.75. The monoisotopic (exact) mass is 1510 g/mol. The van der Waals surface area contributed by atoms with Crippen molar-refractivity contribution in [2.75, 3.05) is 14.2 Å². The van der Waals surface area contributed by atoms with Gasteiger partial charge < -0.3 is 19.7 Å². The highest BCUT2D eigenvalue weighted by Crippen LogP contribution is 2.47. The molecule has 2 N–H and O–H groups in total. The van der Waals surface area contributed by atoms with E-state index >= 15 is 0 Å². The molecule has 1 saturated carbocycles. The van der Waals surface area contributed by atoms with Gasteiger partial charge in [-0.3, -0.25) is 20.2 Å². The average molecular weight is 1520 g/mol. The van der Waals surface area contributed by atoms with Crippen molar-refractivity contribution in [3.63, 3.8) is 0 Å². The van der Waals surface area contributed by atoms with Gasteiger partial charge >= 0.3 is 0 Å². The Morgan fingerprint density at radius 2 is 0.841 bits per heavy atom. The van der Waals surface area contributed by atoms with E-state index in [1.165, 1.54) is 87.3 Å². The second-order valence-electron chi connectivity index (χ2n) is 20.1. The van der Waals surface area contributed by atoms with Crippen molar-refractivity contribution in [1.29, 1.82) is 0 Å². The van der Waals surface area contributed by atoms with Crippen molar-refractivity contribution in [1.82, 2.24) is 0 Å². The van der Waals surface area contributed by atoms with Gasteiger partial charge in [-0.15, -0.1) is 0 Å². The van der Waals surface area contributed by atoms with Gasteiger partial charge in [-0.25, -0.2) is 0 Å². The summed E-state index contributed by atoms with van der Waals surface area (Å²) in [5.74, 6) is 0.822. The summed E-state index contributed by atoms with van der Waals surface area (Å²) >= 11 is 68.0. The van der Waals surface area contributed by atoms with E-state index in [-0.39, 0.29) is 72.7 Å². The summed E-state index contributed by atoms with van der Waals surface area (Å²) in [5.41, 5.74) is 8.28. The van der Waals surface area contributed by atoms with Crippen LogP contribution in [0.25, 0.3) is 0 Å². The summed E-state index contributed by atoms with van der Waals surface area (Å²) in [6.07, 6.45) is 6.80. The first kappa shape index (κ1) is 70.3. The first-order valence-corrected chi connectivity index (χ1v) is 32.1. The minimum absolute atomic E-state index is 0.0286. The summed E-state index contributed by atoms with van der Waals surface area (Å²) in [6.45, 7) is 0. The number of aromatic hydroxyl groups is 2. The number of phenols is 2. The number of nitro groups is 2. The van der Waals surface area contributed by atoms with Crippen LogP contribution in [0, 0.1) is 26.1 Å². The van der Waals surface area contributed by atoms with E-state index in [9.17, 15) is 30.4 Å². The molecule has 88 heavy (non-hydrogen) atoms. The number of benzene rings is 9. The van der Waals surface area contributed by atoms with Crippen LogP contribution in [0.4, 0.5) is 11.4 Å². The van der Waals surface area contributed by atoms with Gasteiger partial charge in [0.2, 0.25) is 0 Å². The van der Waals surface area contributed by atoms with E-state index in [1.807, 2.05) is 54.6 Å². The molecule has 22 heteroatoms. The van der Waals surface area contributed by atoms with Crippen LogP contribution in [0.3, 0.4) is 0 Å². The van der Waals surface area contributed by atoms with Gasteiger partial charge in [0.25, 0.3) is 11.4 Å². The molecule has 0 radical (unpaired) electrons. The summed E-state index contributed by atoms with van der Waals surface area (Å²) in [5, 5.41) is 46.3. The maximum atomic E-state index is 10.9. The smallest absolute Gasteiger partial charge is 0.283 e. The van der Waals surface area contributed by atoms with Gasteiger partial charge in [0, 0.05) is 82.7 Å². The van der Waals surface area contributed by atoms with Gasteiger partial charge in [0.05, 0.1) is 43.1 Å². The Labute approximate surface area is 576 Å². The fourth-order valence-electron chi connectivity index (χ4n) is 10.2. The zero-order valence-corrected chi connectivity index (χ0v) is 57.3. The first-order valence-electron chi connectivity index (χ1n) is 26.8. The number of ether oxygens (including phenoxy) is 2. The predicted molar refractivity (Wildman–Crippen MR) is 368 cm³/mol. The minimum atomic E-state index is -0.475. The number of methoxy groups -OCH3 is 2. The van der Waals surface area contributed by atoms with E-state index in [2.05, 4.69) is 80.4 Å². The number of nitrogens with zero attached hydrogens (tertiary/aromatic N) is 2. The fraction of sp³-hybridized carbons (Fsp3) is 0.182. The van der Waals surface area contributed by atoms with E-state index in [0.29, 0.717) is 63.6 Å². The standard InChI is InChI=1S/C19H18Cl4.C19H14Cl2.C15H12Cl4O4.C13H8Br2N2O4/c20-15-6-13(7-16(21)10-15)19(12-4-2-1-3-5-12)14-8-17(22)11-18(23)9-14;20-17-10-6-15(7-11-17)19(14-4-2-1-3-5-14)16-8-12-18(21)13-9-16;1-22-14-10(20)4-8(16)6(12(14)18)3-7-9(17)5-11(21)15(23-2)13(7)19;14-10-3-1-8(6-12(10)16(18)19)5-9-2-4-11(15)13(7-9)17(20)21/h6-12,19H,1-5H2;1-13,19H;4-5,20-21H,3H2,1-2H3;1-4,6-7H,5H2. The van der Waals surface area contributed by atoms with Gasteiger partial charge in [0.15, 0.2) is 23.0 Å². The zero-order valence-electron chi connectivity index (χ0n) is 46.5. The number of phenolic OH excluding ortho intramolecular Hbond substituents is 2. The molecule has 0 aliphatic heterocycles. The number of hydrogen-bond acceptors (Lipinski definition) is 8. The molecule has 0 heterocycles. The van der Waals surface area contributed by atoms with Gasteiger partial charge in [-0.05, 0) is 180 Å². The number of nitro benzene ring substituents is 2. The third-order valence-electron chi connectivity index (χ3n) is 14.2. The lowest BCUT2D eigenvalue weighted by Crippen LogP contribution is -2.17. The molecule has 10 rings (SSSR count). The van der Waals surface area contributed by atoms with Crippen LogP contribution in [0.15, 0.2) is 173 Å². The summed E-state index contributed by atoms with van der Waals surface area (Å²) in [4.78, 5) is 20.8. The number of rotatable bonds is 14. The predicted octanol–water partition coefficient (Wildman–Crippen LogP) is 24.1. The minimum Gasteiger partial charge on any atom is -0.504 e. The molecule has 0 atom stereocenters. The van der Waals surface area contributed by atoms with Crippen LogP contribution in [-0.2, 0) is 12.8 Å².